The molecule has 1 saturated heterocycles. The van der Waals surface area contributed by atoms with E-state index < -0.39 is 10.8 Å². The lowest BCUT2D eigenvalue weighted by molar-refractivity contribution is 0.297. The maximum atomic E-state index is 15.1. The van der Waals surface area contributed by atoms with E-state index in [0.29, 0.717) is 35.2 Å². The Bertz CT molecular complexity index is 1210. The monoisotopic (exact) mass is 494 g/mol. The van der Waals surface area contributed by atoms with E-state index in [4.69, 9.17) is 14.2 Å². The fraction of sp³-hybridized carbons (Fsp3) is 0.379. The Labute approximate surface area is 208 Å². The molecule has 5 rings (SSSR count). The van der Waals surface area contributed by atoms with Crippen LogP contribution < -0.4 is 14.2 Å². The lowest BCUT2D eigenvalue weighted by atomic mass is 9.99. The summed E-state index contributed by atoms with van der Waals surface area (Å²) in [6.45, 7) is 4.97. The van der Waals surface area contributed by atoms with E-state index in [1.165, 1.54) is 18.9 Å². The van der Waals surface area contributed by atoms with Crippen LogP contribution in [0.5, 0.6) is 23.0 Å². The first kappa shape index (κ1) is 23.9. The van der Waals surface area contributed by atoms with Crippen molar-refractivity contribution >= 4 is 10.8 Å². The number of rotatable bonds is 11. The van der Waals surface area contributed by atoms with Gasteiger partial charge < -0.3 is 14.2 Å². The molecule has 3 aromatic carbocycles. The molecule has 1 saturated carbocycles. The molecule has 4 nitrogen and oxygen atoms in total. The molecule has 2 aliphatic rings. The fourth-order valence-corrected chi connectivity index (χ4v) is 5.51. The van der Waals surface area contributed by atoms with Gasteiger partial charge in [0.05, 0.1) is 11.9 Å². The summed E-state index contributed by atoms with van der Waals surface area (Å²) in [5.74, 6) is 3.91. The van der Waals surface area contributed by atoms with Crippen molar-refractivity contribution < 1.29 is 22.8 Å². The third kappa shape index (κ3) is 6.04. The third-order valence-electron chi connectivity index (χ3n) is 6.76. The van der Waals surface area contributed by atoms with Crippen molar-refractivity contribution in [2.24, 2.45) is 5.92 Å². The lowest BCUT2D eigenvalue weighted by Crippen LogP contribution is -2.05. The van der Waals surface area contributed by atoms with Crippen LogP contribution in [0.25, 0.3) is 0 Å². The van der Waals surface area contributed by atoms with Crippen LogP contribution in [0.4, 0.5) is 4.39 Å². The number of hydrogen-bond donors (Lipinski definition) is 0. The zero-order valence-electron chi connectivity index (χ0n) is 20.2. The Morgan fingerprint density at radius 1 is 0.971 bits per heavy atom. The Balaban J connectivity index is 1.23. The first-order valence-corrected chi connectivity index (χ1v) is 13.7. The second kappa shape index (κ2) is 10.4. The molecule has 0 amide bonds. The number of benzene rings is 3. The van der Waals surface area contributed by atoms with E-state index in [0.717, 1.165) is 29.2 Å². The molecular formula is C29H31FO4S. The number of ether oxygens (including phenoxy) is 3. The quantitative estimate of drug-likeness (QED) is 0.276. The minimum atomic E-state index is -0.676. The van der Waals surface area contributed by atoms with Gasteiger partial charge in [0.15, 0.2) is 0 Å². The molecule has 1 aliphatic heterocycles. The topological polar surface area (TPSA) is 44.8 Å². The first-order valence-electron chi connectivity index (χ1n) is 12.3. The van der Waals surface area contributed by atoms with E-state index in [-0.39, 0.29) is 23.6 Å². The zero-order chi connectivity index (χ0) is 24.4. The van der Waals surface area contributed by atoms with Crippen molar-refractivity contribution in [1.82, 2.24) is 0 Å². The number of aryl methyl sites for hydroxylation is 1. The second-order valence-electron chi connectivity index (χ2n) is 9.46. The smallest absolute Gasteiger partial charge is 0.133 e. The van der Waals surface area contributed by atoms with Crippen molar-refractivity contribution in [3.63, 3.8) is 0 Å². The molecule has 0 N–H and O–H groups in total. The van der Waals surface area contributed by atoms with Gasteiger partial charge in [-0.25, -0.2) is 4.39 Å². The van der Waals surface area contributed by atoms with Crippen LogP contribution in [0.15, 0.2) is 60.7 Å². The predicted molar refractivity (Wildman–Crippen MR) is 136 cm³/mol. The van der Waals surface area contributed by atoms with Crippen molar-refractivity contribution in [2.45, 2.75) is 50.9 Å². The maximum Gasteiger partial charge on any atom is 0.133 e. The molecule has 0 radical (unpaired) electrons. The van der Waals surface area contributed by atoms with Crippen LogP contribution in [0.1, 0.15) is 49.3 Å². The average Bonchev–Trinajstić information content (AvgIpc) is 3.79. The van der Waals surface area contributed by atoms with E-state index >= 15 is 4.39 Å². The molecule has 0 aromatic heterocycles. The normalized spacial score (nSPS) is 19.7. The highest BCUT2D eigenvalue weighted by Crippen LogP contribution is 2.34. The van der Waals surface area contributed by atoms with Crippen molar-refractivity contribution in [3.05, 3.63) is 83.2 Å². The predicted octanol–water partition coefficient (Wildman–Crippen LogP) is 6.78. The molecule has 2 unspecified atom stereocenters. The number of hydrogen-bond acceptors (Lipinski definition) is 4. The highest BCUT2D eigenvalue weighted by atomic mass is 32.2. The summed E-state index contributed by atoms with van der Waals surface area (Å²) in [6, 6.07) is 18.6. The molecule has 3 atom stereocenters. The van der Waals surface area contributed by atoms with E-state index in [2.05, 4.69) is 6.92 Å². The fourth-order valence-electron chi connectivity index (χ4n) is 4.20. The van der Waals surface area contributed by atoms with Gasteiger partial charge in [-0.05, 0) is 72.6 Å². The summed E-state index contributed by atoms with van der Waals surface area (Å²) in [5.41, 5.74) is 2.53. The summed E-state index contributed by atoms with van der Waals surface area (Å²) in [6.07, 6.45) is 3.13. The Kier molecular flexibility index (Phi) is 7.09. The SMILES string of the molecule is CCc1cc(Oc2cccc(OCC3CC3)c2)cc(F)c1COc1ccc(C(C)[C@@H]2CS2=O)cc1. The van der Waals surface area contributed by atoms with E-state index in [9.17, 15) is 4.21 Å². The van der Waals surface area contributed by atoms with Gasteiger partial charge in [-0.3, -0.25) is 4.21 Å². The zero-order valence-corrected chi connectivity index (χ0v) is 21.0. The Hall–Kier alpha value is -2.86. The summed E-state index contributed by atoms with van der Waals surface area (Å²) >= 11 is 0. The summed E-state index contributed by atoms with van der Waals surface area (Å²) in [5, 5.41) is 0.265. The highest BCUT2D eigenvalue weighted by molar-refractivity contribution is 7.93. The molecule has 0 bridgehead atoms. The number of halogens is 1. The van der Waals surface area contributed by atoms with Gasteiger partial charge >= 0.3 is 0 Å². The van der Waals surface area contributed by atoms with E-state index in [1.807, 2.05) is 61.5 Å². The van der Waals surface area contributed by atoms with Crippen molar-refractivity contribution in [2.75, 3.05) is 12.4 Å². The minimum absolute atomic E-state index is 0.140. The van der Waals surface area contributed by atoms with Gasteiger partial charge in [0.25, 0.3) is 0 Å². The molecule has 184 valence electrons. The van der Waals surface area contributed by atoms with Crippen LogP contribution in [0, 0.1) is 11.7 Å². The molecule has 1 aliphatic carbocycles. The van der Waals surface area contributed by atoms with Gasteiger partial charge in [0.2, 0.25) is 0 Å². The van der Waals surface area contributed by atoms with E-state index in [1.54, 1.807) is 0 Å². The molecule has 1 heterocycles. The van der Waals surface area contributed by atoms with Crippen LogP contribution in [0.3, 0.4) is 0 Å². The maximum absolute atomic E-state index is 15.1. The van der Waals surface area contributed by atoms with Gasteiger partial charge in [-0.15, -0.1) is 0 Å². The van der Waals surface area contributed by atoms with Gasteiger partial charge in [-0.2, -0.15) is 0 Å². The summed E-state index contributed by atoms with van der Waals surface area (Å²) in [4.78, 5) is 0. The minimum Gasteiger partial charge on any atom is -0.493 e. The molecular weight excluding hydrogens is 463 g/mol. The van der Waals surface area contributed by atoms with Gasteiger partial charge in [0.1, 0.15) is 35.4 Å². The lowest BCUT2D eigenvalue weighted by Gasteiger charge is -2.15. The first-order chi connectivity index (χ1) is 17.0. The third-order valence-corrected chi connectivity index (χ3v) is 8.27. The van der Waals surface area contributed by atoms with Crippen LogP contribution >= 0.6 is 0 Å². The van der Waals surface area contributed by atoms with Crippen LogP contribution in [-0.2, 0) is 23.8 Å². The highest BCUT2D eigenvalue weighted by Gasteiger charge is 2.38. The second-order valence-corrected chi connectivity index (χ2v) is 11.2. The van der Waals surface area contributed by atoms with Gasteiger partial charge in [0, 0.05) is 34.2 Å². The van der Waals surface area contributed by atoms with Crippen LogP contribution in [0.2, 0.25) is 0 Å². The van der Waals surface area contributed by atoms with Gasteiger partial charge in [-0.1, -0.05) is 32.0 Å². The molecule has 6 heteroatoms. The Morgan fingerprint density at radius 3 is 2.40 bits per heavy atom. The Morgan fingerprint density at radius 2 is 1.71 bits per heavy atom. The average molecular weight is 495 g/mol. The molecule has 0 spiro atoms. The standard InChI is InChI=1S/C29H31FO4S/c1-3-21-13-26(34-25-6-4-5-24(14-25)32-16-20-7-8-20)15-28(30)27(21)17-33-23-11-9-22(10-12-23)19(2)29-18-35(29)31/h4-6,9-15,19-20,29H,3,7-8,16-18H2,1-2H3/t19?,29-,35?/m0/s1. The summed E-state index contributed by atoms with van der Waals surface area (Å²) in [7, 11) is -0.676. The summed E-state index contributed by atoms with van der Waals surface area (Å²) < 4.78 is 44.3. The molecule has 35 heavy (non-hydrogen) atoms. The van der Waals surface area contributed by atoms with Crippen molar-refractivity contribution in [3.8, 4) is 23.0 Å². The van der Waals surface area contributed by atoms with Crippen LogP contribution in [-0.4, -0.2) is 21.8 Å². The largest absolute Gasteiger partial charge is 0.493 e. The van der Waals surface area contributed by atoms with Crippen molar-refractivity contribution in [1.29, 1.82) is 0 Å². The molecule has 3 aromatic rings. The molecule has 2 fully saturated rings.